The summed E-state index contributed by atoms with van der Waals surface area (Å²) < 4.78 is 16.4. The number of aromatic amines is 1. The highest BCUT2D eigenvalue weighted by atomic mass is 32.1. The molecule has 4 heteroatoms. The molecule has 1 aromatic carbocycles. The van der Waals surface area contributed by atoms with E-state index in [1.54, 1.807) is 13.0 Å². The van der Waals surface area contributed by atoms with Crippen LogP contribution in [-0.2, 0) is 0 Å². The number of aryl methyl sites for hydroxylation is 1. The van der Waals surface area contributed by atoms with Gasteiger partial charge in [-0.2, -0.15) is 0 Å². The van der Waals surface area contributed by atoms with Crippen LogP contribution in [0.3, 0.4) is 0 Å². The van der Waals surface area contributed by atoms with Gasteiger partial charge in [-0.15, -0.1) is 0 Å². The summed E-state index contributed by atoms with van der Waals surface area (Å²) in [5, 5.41) is 0. The predicted molar refractivity (Wildman–Crippen MR) is 69.3 cm³/mol. The SMILES string of the molecule is Cc1cc2c(cc1F)[nH]c(=S)n2C1CCCC1. The van der Waals surface area contributed by atoms with E-state index in [-0.39, 0.29) is 5.82 Å². The van der Waals surface area contributed by atoms with Gasteiger partial charge in [0, 0.05) is 6.04 Å². The molecule has 0 saturated heterocycles. The van der Waals surface area contributed by atoms with Crippen molar-refractivity contribution in [2.24, 2.45) is 0 Å². The lowest BCUT2D eigenvalue weighted by atomic mass is 10.2. The average molecular weight is 250 g/mol. The fourth-order valence-electron chi connectivity index (χ4n) is 2.78. The van der Waals surface area contributed by atoms with Crippen molar-refractivity contribution in [2.75, 3.05) is 0 Å². The molecule has 0 amide bonds. The minimum atomic E-state index is -0.174. The van der Waals surface area contributed by atoms with E-state index in [1.807, 2.05) is 6.07 Å². The number of rotatable bonds is 1. The van der Waals surface area contributed by atoms with E-state index in [4.69, 9.17) is 12.2 Å². The molecule has 0 aliphatic heterocycles. The van der Waals surface area contributed by atoms with Gasteiger partial charge in [0.1, 0.15) is 5.82 Å². The summed E-state index contributed by atoms with van der Waals surface area (Å²) in [4.78, 5) is 3.11. The van der Waals surface area contributed by atoms with Gasteiger partial charge in [-0.3, -0.25) is 0 Å². The van der Waals surface area contributed by atoms with Crippen LogP contribution in [0, 0.1) is 17.5 Å². The monoisotopic (exact) mass is 250 g/mol. The van der Waals surface area contributed by atoms with Crippen LogP contribution in [0.5, 0.6) is 0 Å². The lowest BCUT2D eigenvalue weighted by Gasteiger charge is -2.12. The molecule has 1 saturated carbocycles. The molecule has 90 valence electrons. The molecule has 2 nitrogen and oxygen atoms in total. The van der Waals surface area contributed by atoms with Crippen molar-refractivity contribution < 1.29 is 4.39 Å². The van der Waals surface area contributed by atoms with Gasteiger partial charge in [0.15, 0.2) is 4.77 Å². The molecule has 0 atom stereocenters. The summed E-state index contributed by atoms with van der Waals surface area (Å²) in [6.07, 6.45) is 4.88. The van der Waals surface area contributed by atoms with E-state index < -0.39 is 0 Å². The third-order valence-corrected chi connectivity index (χ3v) is 3.99. The lowest BCUT2D eigenvalue weighted by molar-refractivity contribution is 0.526. The number of halogens is 1. The summed E-state index contributed by atoms with van der Waals surface area (Å²) in [5.41, 5.74) is 2.53. The largest absolute Gasteiger partial charge is 0.330 e. The smallest absolute Gasteiger partial charge is 0.178 e. The third kappa shape index (κ3) is 1.71. The first-order valence-corrected chi connectivity index (χ1v) is 6.48. The zero-order valence-electron chi connectivity index (χ0n) is 9.79. The van der Waals surface area contributed by atoms with E-state index in [1.165, 1.54) is 25.7 Å². The van der Waals surface area contributed by atoms with Gasteiger partial charge in [0.25, 0.3) is 0 Å². The van der Waals surface area contributed by atoms with Crippen LogP contribution >= 0.6 is 12.2 Å². The fourth-order valence-corrected chi connectivity index (χ4v) is 3.13. The number of hydrogen-bond donors (Lipinski definition) is 1. The molecule has 0 unspecified atom stereocenters. The van der Waals surface area contributed by atoms with E-state index in [2.05, 4.69) is 9.55 Å². The zero-order chi connectivity index (χ0) is 12.0. The van der Waals surface area contributed by atoms with Crippen molar-refractivity contribution in [3.8, 4) is 0 Å². The molecule has 3 rings (SSSR count). The van der Waals surface area contributed by atoms with E-state index >= 15 is 0 Å². The Bertz CT molecular complexity index is 620. The van der Waals surface area contributed by atoms with Gasteiger partial charge in [-0.1, -0.05) is 12.8 Å². The molecule has 1 aliphatic carbocycles. The summed E-state index contributed by atoms with van der Waals surface area (Å²) in [5.74, 6) is -0.174. The number of aromatic nitrogens is 2. The first-order valence-electron chi connectivity index (χ1n) is 6.07. The van der Waals surface area contributed by atoms with Crippen molar-refractivity contribution in [3.05, 3.63) is 28.3 Å². The van der Waals surface area contributed by atoms with Crippen LogP contribution in [-0.4, -0.2) is 9.55 Å². The quantitative estimate of drug-likeness (QED) is 0.750. The normalized spacial score (nSPS) is 17.1. The van der Waals surface area contributed by atoms with Gasteiger partial charge < -0.3 is 9.55 Å². The number of hydrogen-bond acceptors (Lipinski definition) is 1. The Balaban J connectivity index is 2.26. The molecule has 0 bridgehead atoms. The number of nitrogens with one attached hydrogen (secondary N) is 1. The Morgan fingerprint density at radius 2 is 2.06 bits per heavy atom. The summed E-state index contributed by atoms with van der Waals surface area (Å²) in [6, 6.07) is 3.93. The highest BCUT2D eigenvalue weighted by Gasteiger charge is 2.20. The number of benzene rings is 1. The second-order valence-corrected chi connectivity index (χ2v) is 5.24. The molecule has 1 aliphatic rings. The van der Waals surface area contributed by atoms with Crippen molar-refractivity contribution in [1.29, 1.82) is 0 Å². The van der Waals surface area contributed by atoms with Crippen LogP contribution in [0.1, 0.15) is 37.3 Å². The molecule has 1 N–H and O–H groups in total. The van der Waals surface area contributed by atoms with Crippen LogP contribution < -0.4 is 0 Å². The van der Waals surface area contributed by atoms with Crippen molar-refractivity contribution in [1.82, 2.24) is 9.55 Å². The predicted octanol–water partition coefficient (Wildman–Crippen LogP) is 4.26. The number of H-pyrrole nitrogens is 1. The Kier molecular flexibility index (Phi) is 2.54. The Morgan fingerprint density at radius 3 is 2.76 bits per heavy atom. The molecule has 0 spiro atoms. The molecule has 2 aromatic rings. The lowest BCUT2D eigenvalue weighted by Crippen LogP contribution is -2.04. The molecular weight excluding hydrogens is 235 g/mol. The molecular formula is C13H15FN2S. The zero-order valence-corrected chi connectivity index (χ0v) is 10.6. The van der Waals surface area contributed by atoms with E-state index in [9.17, 15) is 4.39 Å². The van der Waals surface area contributed by atoms with Crippen molar-refractivity contribution in [2.45, 2.75) is 38.6 Å². The number of nitrogens with zero attached hydrogens (tertiary/aromatic N) is 1. The van der Waals surface area contributed by atoms with Crippen LogP contribution in [0.25, 0.3) is 11.0 Å². The van der Waals surface area contributed by atoms with Gasteiger partial charge >= 0.3 is 0 Å². The molecule has 0 radical (unpaired) electrons. The number of fused-ring (bicyclic) bond motifs is 1. The fraction of sp³-hybridized carbons (Fsp3) is 0.462. The van der Waals surface area contributed by atoms with Crippen LogP contribution in [0.2, 0.25) is 0 Å². The maximum atomic E-state index is 13.5. The van der Waals surface area contributed by atoms with E-state index in [0.29, 0.717) is 11.6 Å². The summed E-state index contributed by atoms with van der Waals surface area (Å²) >= 11 is 5.36. The minimum Gasteiger partial charge on any atom is -0.330 e. The van der Waals surface area contributed by atoms with Crippen molar-refractivity contribution >= 4 is 23.3 Å². The highest BCUT2D eigenvalue weighted by Crippen LogP contribution is 2.33. The second kappa shape index (κ2) is 3.95. The van der Waals surface area contributed by atoms with Gasteiger partial charge in [-0.25, -0.2) is 4.39 Å². The Morgan fingerprint density at radius 1 is 1.35 bits per heavy atom. The highest BCUT2D eigenvalue weighted by molar-refractivity contribution is 7.71. The maximum Gasteiger partial charge on any atom is 0.178 e. The number of imidazole rings is 1. The van der Waals surface area contributed by atoms with Crippen molar-refractivity contribution in [3.63, 3.8) is 0 Å². The first-order chi connectivity index (χ1) is 8.16. The van der Waals surface area contributed by atoms with Gasteiger partial charge in [-0.05, 0) is 49.7 Å². The Labute approximate surface area is 104 Å². The molecule has 1 aromatic heterocycles. The van der Waals surface area contributed by atoms with Crippen LogP contribution in [0.4, 0.5) is 4.39 Å². The minimum absolute atomic E-state index is 0.174. The third-order valence-electron chi connectivity index (χ3n) is 3.69. The van der Waals surface area contributed by atoms with Crippen LogP contribution in [0.15, 0.2) is 12.1 Å². The summed E-state index contributed by atoms with van der Waals surface area (Å²) in [7, 11) is 0. The van der Waals surface area contributed by atoms with Gasteiger partial charge in [0.05, 0.1) is 11.0 Å². The second-order valence-electron chi connectivity index (χ2n) is 4.86. The topological polar surface area (TPSA) is 20.7 Å². The first kappa shape index (κ1) is 11.0. The molecule has 17 heavy (non-hydrogen) atoms. The molecule has 1 fully saturated rings. The molecule has 1 heterocycles. The maximum absolute atomic E-state index is 13.5. The van der Waals surface area contributed by atoms with Gasteiger partial charge in [0.2, 0.25) is 0 Å². The average Bonchev–Trinajstić information content (AvgIpc) is 2.86. The Hall–Kier alpha value is -1.16. The summed E-state index contributed by atoms with van der Waals surface area (Å²) in [6.45, 7) is 1.80. The standard InChI is InChI=1S/C13H15FN2S/c1-8-6-12-11(7-10(8)14)15-13(17)16(12)9-4-2-3-5-9/h6-7,9H,2-5H2,1H3,(H,15,17). The van der Waals surface area contributed by atoms with E-state index in [0.717, 1.165) is 15.8 Å².